The zero-order chi connectivity index (χ0) is 21.9. The van der Waals surface area contributed by atoms with Crippen molar-refractivity contribution in [2.45, 2.75) is 69.4 Å². The minimum atomic E-state index is -0.279. The maximum Gasteiger partial charge on any atom is 0.166 e. The number of aromatic nitrogens is 3. The van der Waals surface area contributed by atoms with Crippen molar-refractivity contribution >= 4 is 28.6 Å². The lowest BCUT2D eigenvalue weighted by Crippen LogP contribution is -2.25. The van der Waals surface area contributed by atoms with Gasteiger partial charge in [0.15, 0.2) is 5.82 Å². The average Bonchev–Trinajstić information content (AvgIpc) is 3.76. The Morgan fingerprint density at radius 3 is 2.82 bits per heavy atom. The number of epoxide rings is 1. The topological polar surface area (TPSA) is 67.6 Å². The van der Waals surface area contributed by atoms with Crippen LogP contribution in [0.3, 0.4) is 0 Å². The van der Waals surface area contributed by atoms with Crippen molar-refractivity contribution < 1.29 is 4.74 Å². The van der Waals surface area contributed by atoms with Crippen LogP contribution in [-0.4, -0.2) is 38.8 Å². The number of aliphatic imine (C=N–C) groups is 1. The third-order valence-corrected chi connectivity index (χ3v) is 9.38. The summed E-state index contributed by atoms with van der Waals surface area (Å²) in [5.74, 6) is 2.45. The fraction of sp³-hybridized carbons (Fsp3) is 0.480. The molecule has 0 bridgehead atoms. The van der Waals surface area contributed by atoms with Crippen LogP contribution in [0.25, 0.3) is 5.00 Å². The number of rotatable bonds is 4. The molecular weight excluding hydrogens is 454 g/mol. The van der Waals surface area contributed by atoms with Crippen LogP contribution in [0.15, 0.2) is 29.3 Å². The summed E-state index contributed by atoms with van der Waals surface area (Å²) in [6.45, 7) is 2.05. The summed E-state index contributed by atoms with van der Waals surface area (Å²) in [6.07, 6.45) is 7.25. The Labute approximate surface area is 201 Å². The smallest absolute Gasteiger partial charge is 0.166 e. The molecular formula is C25H24ClN5OS. The first-order valence-electron chi connectivity index (χ1n) is 12.0. The lowest BCUT2D eigenvalue weighted by Gasteiger charge is -2.13. The third-order valence-electron chi connectivity index (χ3n) is 7.81. The van der Waals surface area contributed by atoms with Gasteiger partial charge in [-0.15, -0.1) is 21.5 Å². The molecule has 4 heterocycles. The van der Waals surface area contributed by atoms with E-state index in [0.29, 0.717) is 18.1 Å². The first kappa shape index (κ1) is 19.3. The van der Waals surface area contributed by atoms with Crippen molar-refractivity contribution in [3.05, 3.63) is 62.5 Å². The summed E-state index contributed by atoms with van der Waals surface area (Å²) in [4.78, 5) is 6.87. The molecule has 1 spiro atoms. The molecule has 1 N–H and O–H groups in total. The molecule has 168 valence electrons. The Morgan fingerprint density at radius 1 is 1.18 bits per heavy atom. The van der Waals surface area contributed by atoms with E-state index in [1.165, 1.54) is 33.8 Å². The largest absolute Gasteiger partial charge is 0.353 e. The summed E-state index contributed by atoms with van der Waals surface area (Å²) in [5.41, 5.74) is 4.43. The number of nitrogens with one attached hydrogen (secondary N) is 1. The molecule has 0 amide bonds. The van der Waals surface area contributed by atoms with E-state index < -0.39 is 0 Å². The van der Waals surface area contributed by atoms with Crippen molar-refractivity contribution in [1.82, 2.24) is 20.1 Å². The number of thiophene rings is 1. The SMILES string of the molecule is Cc1nnc2n1-c1sc3c(c1C(c1ccccc1Cl)=NC21CC1)C[C@H](C1OC1NC1CC1)C3. The fourth-order valence-electron chi connectivity index (χ4n) is 5.71. The van der Waals surface area contributed by atoms with Crippen LogP contribution in [0.1, 0.15) is 58.9 Å². The quantitative estimate of drug-likeness (QED) is 0.568. The summed E-state index contributed by atoms with van der Waals surface area (Å²) >= 11 is 8.64. The molecule has 3 aliphatic carbocycles. The number of hydrogen-bond acceptors (Lipinski definition) is 6. The second-order valence-corrected chi connectivity index (χ2v) is 11.7. The molecule has 3 aromatic rings. The predicted octanol–water partition coefficient (Wildman–Crippen LogP) is 4.32. The monoisotopic (exact) mass is 477 g/mol. The standard InChI is InChI=1S/C25H24ClN5OS/c1-12-29-30-24-25(8-9-25)28-20(15-4-2-3-5-17(15)26)19-16-10-13(11-18(16)33-23(19)31(12)24)21-22(32-21)27-14-6-7-14/h2-5,13-14,21-22,27H,6-11H2,1H3/t13-,21?,22?/m0/s1. The Balaban J connectivity index is 1.27. The van der Waals surface area contributed by atoms with Gasteiger partial charge in [-0.05, 0) is 63.0 Å². The summed E-state index contributed by atoms with van der Waals surface area (Å²) in [7, 11) is 0. The van der Waals surface area contributed by atoms with Gasteiger partial charge < -0.3 is 4.74 Å². The Kier molecular flexibility index (Phi) is 3.82. The van der Waals surface area contributed by atoms with Crippen LogP contribution in [0.5, 0.6) is 0 Å². The highest BCUT2D eigenvalue weighted by Crippen LogP contribution is 2.54. The molecule has 2 aromatic heterocycles. The molecule has 5 aliphatic rings. The van der Waals surface area contributed by atoms with Crippen LogP contribution in [0, 0.1) is 12.8 Å². The maximum atomic E-state index is 6.75. The minimum Gasteiger partial charge on any atom is -0.353 e. The number of benzene rings is 1. The molecule has 2 unspecified atom stereocenters. The van der Waals surface area contributed by atoms with E-state index in [1.807, 2.05) is 23.5 Å². The summed E-state index contributed by atoms with van der Waals surface area (Å²) in [6, 6.07) is 8.80. The summed E-state index contributed by atoms with van der Waals surface area (Å²) < 4.78 is 8.35. The molecule has 0 radical (unpaired) electrons. The average molecular weight is 478 g/mol. The lowest BCUT2D eigenvalue weighted by atomic mass is 9.96. The lowest BCUT2D eigenvalue weighted by molar-refractivity contribution is 0.307. The van der Waals surface area contributed by atoms with Crippen LogP contribution in [0.4, 0.5) is 0 Å². The molecule has 3 fully saturated rings. The van der Waals surface area contributed by atoms with E-state index in [1.54, 1.807) is 0 Å². The predicted molar refractivity (Wildman–Crippen MR) is 128 cm³/mol. The van der Waals surface area contributed by atoms with Crippen LogP contribution in [0.2, 0.25) is 5.02 Å². The Hall–Kier alpha value is -2.06. The normalized spacial score (nSPS) is 28.2. The molecule has 2 aliphatic heterocycles. The number of hydrogen-bond donors (Lipinski definition) is 1. The van der Waals surface area contributed by atoms with Crippen LogP contribution in [-0.2, 0) is 23.1 Å². The van der Waals surface area contributed by atoms with Crippen molar-refractivity contribution in [1.29, 1.82) is 0 Å². The van der Waals surface area contributed by atoms with Gasteiger partial charge in [-0.3, -0.25) is 14.9 Å². The van der Waals surface area contributed by atoms with Gasteiger partial charge >= 0.3 is 0 Å². The number of ether oxygens (including phenoxy) is 1. The van der Waals surface area contributed by atoms with Gasteiger partial charge in [0.2, 0.25) is 0 Å². The minimum absolute atomic E-state index is 0.244. The van der Waals surface area contributed by atoms with Gasteiger partial charge in [0.05, 0.1) is 5.71 Å². The molecule has 8 rings (SSSR count). The molecule has 2 saturated carbocycles. The van der Waals surface area contributed by atoms with E-state index in [-0.39, 0.29) is 11.8 Å². The molecule has 1 aromatic carbocycles. The number of nitrogens with zero attached hydrogens (tertiary/aromatic N) is 4. The second kappa shape index (κ2) is 6.54. The van der Waals surface area contributed by atoms with Crippen molar-refractivity contribution in [2.24, 2.45) is 10.9 Å². The molecule has 33 heavy (non-hydrogen) atoms. The highest BCUT2D eigenvalue weighted by Gasteiger charge is 2.53. The third kappa shape index (κ3) is 2.83. The Bertz CT molecular complexity index is 1350. The fourth-order valence-corrected chi connectivity index (χ4v) is 7.41. The Morgan fingerprint density at radius 2 is 2.03 bits per heavy atom. The van der Waals surface area contributed by atoms with Gasteiger partial charge in [0.1, 0.15) is 28.7 Å². The highest BCUT2D eigenvalue weighted by atomic mass is 35.5. The van der Waals surface area contributed by atoms with Gasteiger partial charge in [-0.25, -0.2) is 0 Å². The van der Waals surface area contributed by atoms with Crippen molar-refractivity contribution in [3.63, 3.8) is 0 Å². The first-order chi connectivity index (χ1) is 16.1. The molecule has 6 nitrogen and oxygen atoms in total. The van der Waals surface area contributed by atoms with E-state index in [4.69, 9.17) is 21.3 Å². The first-order valence-corrected chi connectivity index (χ1v) is 13.1. The zero-order valence-electron chi connectivity index (χ0n) is 18.3. The number of halogens is 1. The molecule has 1 saturated heterocycles. The highest BCUT2D eigenvalue weighted by molar-refractivity contribution is 7.15. The van der Waals surface area contributed by atoms with Gasteiger partial charge in [-0.2, -0.15) is 0 Å². The van der Waals surface area contributed by atoms with Gasteiger partial charge in [0, 0.05) is 27.1 Å². The number of aryl methyl sites for hydroxylation is 1. The van der Waals surface area contributed by atoms with Crippen LogP contribution < -0.4 is 5.32 Å². The zero-order valence-corrected chi connectivity index (χ0v) is 19.9. The van der Waals surface area contributed by atoms with Crippen molar-refractivity contribution in [2.75, 3.05) is 0 Å². The van der Waals surface area contributed by atoms with Gasteiger partial charge in [-0.1, -0.05) is 29.8 Å². The molecule has 3 atom stereocenters. The van der Waals surface area contributed by atoms with E-state index in [0.717, 1.165) is 53.6 Å². The van der Waals surface area contributed by atoms with E-state index in [9.17, 15) is 0 Å². The van der Waals surface area contributed by atoms with E-state index >= 15 is 0 Å². The summed E-state index contributed by atoms with van der Waals surface area (Å²) in [5, 5.41) is 14.7. The number of fused-ring (bicyclic) bond motifs is 6. The van der Waals surface area contributed by atoms with E-state index in [2.05, 4.69) is 39.1 Å². The van der Waals surface area contributed by atoms with Crippen LogP contribution >= 0.6 is 22.9 Å². The maximum absolute atomic E-state index is 6.75. The molecule has 8 heteroatoms. The van der Waals surface area contributed by atoms with Crippen molar-refractivity contribution in [3.8, 4) is 5.00 Å². The second-order valence-electron chi connectivity index (χ2n) is 10.2. The van der Waals surface area contributed by atoms with Gasteiger partial charge in [0.25, 0.3) is 0 Å².